The Morgan fingerprint density at radius 1 is 1.17 bits per heavy atom. The number of hydrogen-bond donors (Lipinski definition) is 1. The molecule has 24 heavy (non-hydrogen) atoms. The van der Waals surface area contributed by atoms with Crippen LogP contribution >= 0.6 is 27.7 Å². The topological polar surface area (TPSA) is 38.3 Å². The van der Waals surface area contributed by atoms with E-state index >= 15 is 0 Å². The van der Waals surface area contributed by atoms with Gasteiger partial charge in [-0.1, -0.05) is 47.1 Å². The fraction of sp³-hybridized carbons (Fsp3) is 0.316. The maximum Gasteiger partial charge on any atom is 0.230 e. The summed E-state index contributed by atoms with van der Waals surface area (Å²) < 4.78 is 6.24. The lowest BCUT2D eigenvalue weighted by Gasteiger charge is -2.17. The summed E-state index contributed by atoms with van der Waals surface area (Å²) in [6, 6.07) is 16.1. The number of methoxy groups -OCH3 is 1. The van der Waals surface area contributed by atoms with Gasteiger partial charge in [0.25, 0.3) is 0 Å². The minimum Gasteiger partial charge on any atom is -0.497 e. The van der Waals surface area contributed by atoms with Crippen LogP contribution in [0, 0.1) is 0 Å². The second kappa shape index (κ2) is 9.74. The third kappa shape index (κ3) is 5.87. The van der Waals surface area contributed by atoms with Crippen LogP contribution in [0.4, 0.5) is 0 Å². The van der Waals surface area contributed by atoms with Gasteiger partial charge in [0.05, 0.1) is 18.9 Å². The fourth-order valence-electron chi connectivity index (χ4n) is 2.34. The third-order valence-corrected chi connectivity index (χ3v) is 5.21. The number of nitrogens with one attached hydrogen (secondary N) is 1. The molecule has 2 aromatic rings. The number of ether oxygens (including phenoxy) is 1. The number of carbonyl (C=O) groups is 1. The van der Waals surface area contributed by atoms with Crippen LogP contribution in [0.3, 0.4) is 0 Å². The number of benzene rings is 2. The molecule has 5 heteroatoms. The SMILES string of the molecule is CC[C@@H](NC(=O)CSCc1ccc(Br)cc1)c1ccc(OC)cc1. The second-order valence-electron chi connectivity index (χ2n) is 5.42. The fourth-order valence-corrected chi connectivity index (χ4v) is 3.40. The Bertz CT molecular complexity index is 643. The highest BCUT2D eigenvalue weighted by molar-refractivity contribution is 9.10. The standard InChI is InChI=1S/C19H22BrNO2S/c1-3-18(15-6-10-17(23-2)11-7-15)21-19(22)13-24-12-14-4-8-16(20)9-5-14/h4-11,18H,3,12-13H2,1-2H3,(H,21,22)/t18-/m1/s1. The Kier molecular flexibility index (Phi) is 7.66. The summed E-state index contributed by atoms with van der Waals surface area (Å²) in [5.41, 5.74) is 2.32. The predicted octanol–water partition coefficient (Wildman–Crippen LogP) is 4.96. The van der Waals surface area contributed by atoms with E-state index in [0.29, 0.717) is 5.75 Å². The first-order chi connectivity index (χ1) is 11.6. The van der Waals surface area contributed by atoms with Crippen LogP contribution in [-0.2, 0) is 10.5 Å². The van der Waals surface area contributed by atoms with Crippen molar-refractivity contribution < 1.29 is 9.53 Å². The molecule has 0 aliphatic carbocycles. The molecule has 0 saturated heterocycles. The zero-order valence-electron chi connectivity index (χ0n) is 13.9. The summed E-state index contributed by atoms with van der Waals surface area (Å²) in [6.07, 6.45) is 0.857. The molecule has 1 N–H and O–H groups in total. The summed E-state index contributed by atoms with van der Waals surface area (Å²) in [7, 11) is 1.65. The van der Waals surface area contributed by atoms with Crippen LogP contribution in [0.5, 0.6) is 5.75 Å². The Labute approximate surface area is 156 Å². The van der Waals surface area contributed by atoms with Gasteiger partial charge in [-0.3, -0.25) is 4.79 Å². The van der Waals surface area contributed by atoms with E-state index in [0.717, 1.165) is 28.0 Å². The summed E-state index contributed by atoms with van der Waals surface area (Å²) >= 11 is 5.05. The van der Waals surface area contributed by atoms with Crippen LogP contribution < -0.4 is 10.1 Å². The number of amides is 1. The molecule has 128 valence electrons. The van der Waals surface area contributed by atoms with Crippen LogP contribution in [-0.4, -0.2) is 18.8 Å². The zero-order valence-corrected chi connectivity index (χ0v) is 16.3. The van der Waals surface area contributed by atoms with Crippen molar-refractivity contribution in [3.63, 3.8) is 0 Å². The van der Waals surface area contributed by atoms with Crippen molar-refractivity contribution in [1.82, 2.24) is 5.32 Å². The van der Waals surface area contributed by atoms with Gasteiger partial charge < -0.3 is 10.1 Å². The molecule has 0 saturated carbocycles. The minimum atomic E-state index is 0.0386. The maximum atomic E-state index is 12.2. The molecule has 0 radical (unpaired) electrons. The molecule has 0 unspecified atom stereocenters. The van der Waals surface area contributed by atoms with Crippen molar-refractivity contribution in [3.05, 3.63) is 64.1 Å². The largest absolute Gasteiger partial charge is 0.497 e. The van der Waals surface area contributed by atoms with E-state index in [4.69, 9.17) is 4.74 Å². The number of halogens is 1. The lowest BCUT2D eigenvalue weighted by atomic mass is 10.0. The van der Waals surface area contributed by atoms with Gasteiger partial charge in [0, 0.05) is 10.2 Å². The molecule has 0 bridgehead atoms. The zero-order chi connectivity index (χ0) is 17.4. The van der Waals surface area contributed by atoms with Crippen molar-refractivity contribution >= 4 is 33.6 Å². The van der Waals surface area contributed by atoms with Gasteiger partial charge in [-0.25, -0.2) is 0 Å². The van der Waals surface area contributed by atoms with Crippen LogP contribution in [0.15, 0.2) is 53.0 Å². The Hall–Kier alpha value is -1.46. The number of thioether (sulfide) groups is 1. The van der Waals surface area contributed by atoms with Crippen LogP contribution in [0.2, 0.25) is 0 Å². The van der Waals surface area contributed by atoms with E-state index < -0.39 is 0 Å². The van der Waals surface area contributed by atoms with Gasteiger partial charge in [-0.15, -0.1) is 11.8 Å². The first-order valence-corrected chi connectivity index (χ1v) is 9.82. The van der Waals surface area contributed by atoms with Gasteiger partial charge in [0.2, 0.25) is 5.91 Å². The molecule has 2 aromatic carbocycles. The van der Waals surface area contributed by atoms with Gasteiger partial charge >= 0.3 is 0 Å². The average molecular weight is 408 g/mol. The lowest BCUT2D eigenvalue weighted by molar-refractivity contribution is -0.119. The van der Waals surface area contributed by atoms with Crippen molar-refractivity contribution in [2.45, 2.75) is 25.1 Å². The summed E-state index contributed by atoms with van der Waals surface area (Å²) in [5, 5.41) is 3.11. The van der Waals surface area contributed by atoms with Crippen LogP contribution in [0.25, 0.3) is 0 Å². The van der Waals surface area contributed by atoms with Crippen LogP contribution in [0.1, 0.15) is 30.5 Å². The molecule has 1 amide bonds. The van der Waals surface area contributed by atoms with Crippen molar-refractivity contribution in [2.75, 3.05) is 12.9 Å². The highest BCUT2D eigenvalue weighted by Gasteiger charge is 2.12. The highest BCUT2D eigenvalue weighted by Crippen LogP contribution is 2.21. The first kappa shape index (κ1) is 18.9. The average Bonchev–Trinajstić information content (AvgIpc) is 2.61. The molecule has 1 atom stereocenters. The molecule has 0 aliphatic rings. The Morgan fingerprint density at radius 2 is 1.83 bits per heavy atom. The molecule has 0 spiro atoms. The normalized spacial score (nSPS) is 11.8. The monoisotopic (exact) mass is 407 g/mol. The summed E-state index contributed by atoms with van der Waals surface area (Å²) in [5.74, 6) is 2.19. The van der Waals surface area contributed by atoms with E-state index in [-0.39, 0.29) is 11.9 Å². The van der Waals surface area contributed by atoms with Gasteiger partial charge in [-0.2, -0.15) is 0 Å². The lowest BCUT2D eigenvalue weighted by Crippen LogP contribution is -2.29. The Balaban J connectivity index is 1.81. The van der Waals surface area contributed by atoms with E-state index in [1.165, 1.54) is 5.56 Å². The first-order valence-electron chi connectivity index (χ1n) is 7.88. The maximum absolute atomic E-state index is 12.2. The van der Waals surface area contributed by atoms with E-state index in [1.54, 1.807) is 18.9 Å². The molecular formula is C19H22BrNO2S. The number of hydrogen-bond acceptors (Lipinski definition) is 3. The Morgan fingerprint density at radius 3 is 2.42 bits per heavy atom. The minimum absolute atomic E-state index is 0.0386. The molecule has 0 heterocycles. The predicted molar refractivity (Wildman–Crippen MR) is 104 cm³/mol. The van der Waals surface area contributed by atoms with Gasteiger partial charge in [0.1, 0.15) is 5.75 Å². The molecule has 2 rings (SSSR count). The van der Waals surface area contributed by atoms with Gasteiger partial charge in [0.15, 0.2) is 0 Å². The van der Waals surface area contributed by atoms with Crippen molar-refractivity contribution in [2.24, 2.45) is 0 Å². The number of rotatable bonds is 8. The van der Waals surface area contributed by atoms with Crippen molar-refractivity contribution in [1.29, 1.82) is 0 Å². The molecule has 0 fully saturated rings. The number of carbonyl (C=O) groups excluding carboxylic acids is 1. The molecule has 3 nitrogen and oxygen atoms in total. The van der Waals surface area contributed by atoms with E-state index in [1.807, 2.05) is 36.4 Å². The van der Waals surface area contributed by atoms with E-state index in [2.05, 4.69) is 40.3 Å². The molecular weight excluding hydrogens is 386 g/mol. The molecule has 0 aromatic heterocycles. The van der Waals surface area contributed by atoms with E-state index in [9.17, 15) is 4.79 Å². The van der Waals surface area contributed by atoms with Gasteiger partial charge in [-0.05, 0) is 41.8 Å². The summed E-state index contributed by atoms with van der Waals surface area (Å²) in [4.78, 5) is 12.2. The quantitative estimate of drug-likeness (QED) is 0.671. The molecule has 0 aliphatic heterocycles. The summed E-state index contributed by atoms with van der Waals surface area (Å²) in [6.45, 7) is 2.07. The highest BCUT2D eigenvalue weighted by atomic mass is 79.9. The third-order valence-electron chi connectivity index (χ3n) is 3.68. The van der Waals surface area contributed by atoms with Crippen molar-refractivity contribution in [3.8, 4) is 5.75 Å². The smallest absolute Gasteiger partial charge is 0.230 e. The second-order valence-corrected chi connectivity index (χ2v) is 7.32.